The summed E-state index contributed by atoms with van der Waals surface area (Å²) in [5, 5.41) is 17.0. The molecule has 160 valence electrons. The van der Waals surface area contributed by atoms with Crippen molar-refractivity contribution >= 4 is 11.9 Å². The highest BCUT2D eigenvalue weighted by Gasteiger charge is 2.31. The number of rotatable bonds is 8. The lowest BCUT2D eigenvalue weighted by Crippen LogP contribution is -2.33. The maximum absolute atomic E-state index is 12.8. The Morgan fingerprint density at radius 3 is 2.73 bits per heavy atom. The molecule has 0 unspecified atom stereocenters. The van der Waals surface area contributed by atoms with Gasteiger partial charge < -0.3 is 15.2 Å². The summed E-state index contributed by atoms with van der Waals surface area (Å²) >= 11 is 0. The van der Waals surface area contributed by atoms with E-state index in [2.05, 4.69) is 20.1 Å². The summed E-state index contributed by atoms with van der Waals surface area (Å²) in [6.45, 7) is 3.40. The molecule has 0 saturated heterocycles. The monoisotopic (exact) mass is 412 g/mol. The molecule has 2 aliphatic rings. The van der Waals surface area contributed by atoms with Gasteiger partial charge in [-0.1, -0.05) is 12.1 Å². The Bertz CT molecular complexity index is 918. The van der Waals surface area contributed by atoms with Crippen molar-refractivity contribution in [3.63, 3.8) is 0 Å². The number of hydrogen-bond donors (Lipinski definition) is 2. The fourth-order valence-corrected chi connectivity index (χ4v) is 3.88. The highest BCUT2D eigenvalue weighted by Crippen LogP contribution is 2.33. The smallest absolute Gasteiger partial charge is 0.307 e. The molecule has 1 amide bonds. The lowest BCUT2D eigenvalue weighted by atomic mass is 10.0. The Kier molecular flexibility index (Phi) is 6.03. The minimum Gasteiger partial charge on any atom is -0.508 e. The van der Waals surface area contributed by atoms with Gasteiger partial charge in [-0.3, -0.25) is 19.2 Å². The van der Waals surface area contributed by atoms with Crippen LogP contribution in [-0.4, -0.2) is 51.9 Å². The number of ether oxygens (including phenoxy) is 1. The number of nitrogens with zero attached hydrogens (tertiary/aromatic N) is 3. The van der Waals surface area contributed by atoms with Gasteiger partial charge in [-0.15, -0.1) is 0 Å². The number of phenolic OH excluding ortho intramolecular Hbond substituents is 1. The number of fused-ring (bicyclic) bond motifs is 1. The molecule has 4 rings (SSSR count). The van der Waals surface area contributed by atoms with Crippen molar-refractivity contribution in [3.05, 3.63) is 46.8 Å². The molecule has 1 saturated carbocycles. The lowest BCUT2D eigenvalue weighted by Gasteiger charge is -2.27. The number of benzene rings is 1. The highest BCUT2D eigenvalue weighted by molar-refractivity contribution is 5.94. The SMILES string of the molecule is COC(=O)CCNC(=O)c1nn(CC2CC2)c2c1CN(Cc1ccc(O)cc1)CC2. The molecule has 2 aromatic rings. The van der Waals surface area contributed by atoms with Crippen molar-refractivity contribution in [2.75, 3.05) is 20.2 Å². The third-order valence-electron chi connectivity index (χ3n) is 5.74. The average Bonchev–Trinajstić information content (AvgIpc) is 3.49. The Hall–Kier alpha value is -2.87. The minimum absolute atomic E-state index is 0.139. The number of amides is 1. The van der Waals surface area contributed by atoms with Gasteiger partial charge in [0.2, 0.25) is 0 Å². The van der Waals surface area contributed by atoms with Gasteiger partial charge in [0, 0.05) is 50.4 Å². The zero-order valence-electron chi connectivity index (χ0n) is 17.3. The molecular weight excluding hydrogens is 384 g/mol. The third-order valence-corrected chi connectivity index (χ3v) is 5.74. The van der Waals surface area contributed by atoms with Gasteiger partial charge in [-0.05, 0) is 36.5 Å². The van der Waals surface area contributed by atoms with Crippen LogP contribution in [0.2, 0.25) is 0 Å². The van der Waals surface area contributed by atoms with Gasteiger partial charge in [-0.2, -0.15) is 5.10 Å². The third kappa shape index (κ3) is 4.81. The molecular formula is C22H28N4O4. The summed E-state index contributed by atoms with van der Waals surface area (Å²) in [5.74, 6) is 0.332. The summed E-state index contributed by atoms with van der Waals surface area (Å²) in [7, 11) is 1.34. The normalized spacial score (nSPS) is 16.2. The Balaban J connectivity index is 1.49. The second-order valence-electron chi connectivity index (χ2n) is 8.11. The average molecular weight is 412 g/mol. The molecule has 1 aromatic heterocycles. The lowest BCUT2D eigenvalue weighted by molar-refractivity contribution is -0.140. The van der Waals surface area contributed by atoms with Gasteiger partial charge in [-0.25, -0.2) is 0 Å². The number of esters is 1. The second kappa shape index (κ2) is 8.87. The van der Waals surface area contributed by atoms with Crippen LogP contribution in [0.5, 0.6) is 5.75 Å². The van der Waals surface area contributed by atoms with Crippen LogP contribution in [0.15, 0.2) is 24.3 Å². The molecule has 8 nitrogen and oxygen atoms in total. The number of carbonyl (C=O) groups is 2. The molecule has 1 fully saturated rings. The van der Waals surface area contributed by atoms with Gasteiger partial charge in [0.05, 0.1) is 13.5 Å². The van der Waals surface area contributed by atoms with E-state index < -0.39 is 0 Å². The predicted molar refractivity (Wildman–Crippen MR) is 110 cm³/mol. The first-order chi connectivity index (χ1) is 14.5. The number of carbonyl (C=O) groups excluding carboxylic acids is 2. The first kappa shape index (κ1) is 20.4. The van der Waals surface area contributed by atoms with Crippen LogP contribution in [0.25, 0.3) is 0 Å². The van der Waals surface area contributed by atoms with Crippen LogP contribution in [0.3, 0.4) is 0 Å². The van der Waals surface area contributed by atoms with Crippen LogP contribution in [0.1, 0.15) is 46.6 Å². The van der Waals surface area contributed by atoms with Gasteiger partial charge in [0.25, 0.3) is 5.91 Å². The molecule has 0 spiro atoms. The zero-order chi connectivity index (χ0) is 21.1. The zero-order valence-corrected chi connectivity index (χ0v) is 17.3. The fraction of sp³-hybridized carbons (Fsp3) is 0.500. The molecule has 1 aromatic carbocycles. The number of aromatic hydroxyl groups is 1. The molecule has 30 heavy (non-hydrogen) atoms. The van der Waals surface area contributed by atoms with Crippen molar-refractivity contribution in [3.8, 4) is 5.75 Å². The number of aromatic nitrogens is 2. The maximum atomic E-state index is 12.8. The van der Waals surface area contributed by atoms with Crippen LogP contribution < -0.4 is 5.32 Å². The van der Waals surface area contributed by atoms with E-state index in [4.69, 9.17) is 0 Å². The molecule has 2 N–H and O–H groups in total. The molecule has 1 aliphatic carbocycles. The maximum Gasteiger partial charge on any atom is 0.307 e. The van der Waals surface area contributed by atoms with Crippen molar-refractivity contribution < 1.29 is 19.4 Å². The fourth-order valence-electron chi connectivity index (χ4n) is 3.88. The topological polar surface area (TPSA) is 96.7 Å². The molecule has 8 heteroatoms. The molecule has 0 bridgehead atoms. The van der Waals surface area contributed by atoms with Crippen LogP contribution in [0.4, 0.5) is 0 Å². The summed E-state index contributed by atoms with van der Waals surface area (Å²) in [6, 6.07) is 7.22. The molecule has 1 aliphatic heterocycles. The Labute approximate surface area is 175 Å². The first-order valence-corrected chi connectivity index (χ1v) is 10.5. The summed E-state index contributed by atoms with van der Waals surface area (Å²) in [4.78, 5) is 26.4. The van der Waals surface area contributed by atoms with Gasteiger partial charge >= 0.3 is 5.97 Å². The molecule has 2 heterocycles. The molecule has 0 atom stereocenters. The first-order valence-electron chi connectivity index (χ1n) is 10.5. The quantitative estimate of drug-likeness (QED) is 0.643. The van der Waals surface area contributed by atoms with Crippen LogP contribution >= 0.6 is 0 Å². The van der Waals surface area contributed by atoms with Crippen molar-refractivity contribution in [2.45, 2.75) is 45.3 Å². The highest BCUT2D eigenvalue weighted by atomic mass is 16.5. The summed E-state index contributed by atoms with van der Waals surface area (Å²) in [6.07, 6.45) is 3.44. The van der Waals surface area contributed by atoms with Crippen molar-refractivity contribution in [2.24, 2.45) is 5.92 Å². The summed E-state index contributed by atoms with van der Waals surface area (Å²) < 4.78 is 6.66. The van der Waals surface area contributed by atoms with Crippen molar-refractivity contribution in [1.82, 2.24) is 20.0 Å². The summed E-state index contributed by atoms with van der Waals surface area (Å²) in [5.41, 5.74) is 3.72. The predicted octanol–water partition coefficient (Wildman–Crippen LogP) is 1.85. The van der Waals surface area contributed by atoms with E-state index >= 15 is 0 Å². The van der Waals surface area contributed by atoms with E-state index in [1.807, 2.05) is 16.8 Å². The van der Waals surface area contributed by atoms with Gasteiger partial charge in [0.1, 0.15) is 5.75 Å². The van der Waals surface area contributed by atoms with E-state index in [0.717, 1.165) is 42.9 Å². The minimum atomic E-state index is -0.350. The van der Waals surface area contributed by atoms with E-state index in [1.165, 1.54) is 20.0 Å². The van der Waals surface area contributed by atoms with E-state index in [0.29, 0.717) is 18.2 Å². The number of nitrogens with one attached hydrogen (secondary N) is 1. The van der Waals surface area contributed by atoms with E-state index in [-0.39, 0.29) is 30.6 Å². The van der Waals surface area contributed by atoms with E-state index in [9.17, 15) is 14.7 Å². The number of phenols is 1. The number of methoxy groups -OCH3 is 1. The standard InChI is InChI=1S/C22H28N4O4/c1-30-20(28)8-10-23-22(29)21-18-14-25(12-15-4-6-17(27)7-5-15)11-9-19(18)26(24-21)13-16-2-3-16/h4-7,16,27H,2-3,8-14H2,1H3,(H,23,29). The van der Waals surface area contributed by atoms with Gasteiger partial charge in [0.15, 0.2) is 5.69 Å². The molecule has 0 radical (unpaired) electrons. The largest absolute Gasteiger partial charge is 0.508 e. The van der Waals surface area contributed by atoms with Crippen LogP contribution in [0, 0.1) is 5.92 Å². The number of hydrogen-bond acceptors (Lipinski definition) is 6. The van der Waals surface area contributed by atoms with E-state index in [1.54, 1.807) is 12.1 Å². The second-order valence-corrected chi connectivity index (χ2v) is 8.11. The Morgan fingerprint density at radius 2 is 2.03 bits per heavy atom. The van der Waals surface area contributed by atoms with Crippen LogP contribution in [-0.2, 0) is 35.6 Å². The Morgan fingerprint density at radius 1 is 1.27 bits per heavy atom. The van der Waals surface area contributed by atoms with Crippen molar-refractivity contribution in [1.29, 1.82) is 0 Å².